The maximum absolute atomic E-state index is 12.2. The molecular weight excluding hydrogens is 248 g/mol. The summed E-state index contributed by atoms with van der Waals surface area (Å²) < 4.78 is 5.33. The number of allylic oxidation sites excluding steroid dienone is 4. The maximum Gasteiger partial charge on any atom is 0.146 e. The summed E-state index contributed by atoms with van der Waals surface area (Å²) in [4.78, 5) is 12.2. The van der Waals surface area contributed by atoms with Gasteiger partial charge in [-0.2, -0.15) is 0 Å². The van der Waals surface area contributed by atoms with E-state index in [4.69, 9.17) is 4.74 Å². The molecule has 0 saturated heterocycles. The Balaban J connectivity index is 1.82. The molecule has 1 aromatic rings. The van der Waals surface area contributed by atoms with E-state index in [0.29, 0.717) is 12.2 Å². The normalized spacial score (nSPS) is 27.1. The molecule has 2 nitrogen and oxygen atoms in total. The predicted octanol–water partition coefficient (Wildman–Crippen LogP) is 3.70. The number of ether oxygens (including phenoxy) is 1. The van der Waals surface area contributed by atoms with Crippen molar-refractivity contribution in [1.29, 1.82) is 0 Å². The first-order valence-corrected chi connectivity index (χ1v) is 7.27. The topological polar surface area (TPSA) is 26.3 Å². The lowest BCUT2D eigenvalue weighted by Gasteiger charge is -2.32. The van der Waals surface area contributed by atoms with Crippen molar-refractivity contribution in [3.8, 4) is 5.75 Å². The van der Waals surface area contributed by atoms with Crippen LogP contribution in [-0.4, -0.2) is 12.9 Å². The zero-order chi connectivity index (χ0) is 13.9. The molecule has 102 valence electrons. The summed E-state index contributed by atoms with van der Waals surface area (Å²) in [5, 5.41) is 0. The number of ketones is 1. The molecule has 0 aliphatic heterocycles. The fourth-order valence-electron chi connectivity index (χ4n) is 4.04. The van der Waals surface area contributed by atoms with Crippen LogP contribution >= 0.6 is 0 Å². The zero-order valence-corrected chi connectivity index (χ0v) is 12.0. The Bertz CT molecular complexity index is 693. The van der Waals surface area contributed by atoms with E-state index in [0.717, 1.165) is 25.0 Å². The summed E-state index contributed by atoms with van der Waals surface area (Å²) in [6.07, 6.45) is 5.72. The van der Waals surface area contributed by atoms with Crippen molar-refractivity contribution in [3.63, 3.8) is 0 Å². The first-order chi connectivity index (χ1) is 9.63. The molecule has 0 aromatic heterocycles. The van der Waals surface area contributed by atoms with Crippen LogP contribution in [0.2, 0.25) is 0 Å². The van der Waals surface area contributed by atoms with Crippen LogP contribution in [-0.2, 0) is 11.2 Å². The molecule has 4 rings (SSSR count). The quantitative estimate of drug-likeness (QED) is 0.774. The van der Waals surface area contributed by atoms with E-state index >= 15 is 0 Å². The average Bonchev–Trinajstić information content (AvgIpc) is 2.96. The minimum absolute atomic E-state index is 0.217. The standard InChI is InChI=1S/C18H18O2/c1-18-8-7-14-13-4-3-12(20-2)9-11(13)10-15(14)16(18)5-6-17(18)19/h3-5,9H,6-8,10H2,1-2H3/t18-/m0/s1. The molecule has 3 aliphatic rings. The predicted molar refractivity (Wildman–Crippen MR) is 78.7 cm³/mol. The van der Waals surface area contributed by atoms with Gasteiger partial charge in [-0.05, 0) is 66.2 Å². The Morgan fingerprint density at radius 2 is 2.10 bits per heavy atom. The Hall–Kier alpha value is -1.83. The van der Waals surface area contributed by atoms with E-state index in [1.54, 1.807) is 7.11 Å². The van der Waals surface area contributed by atoms with Crippen molar-refractivity contribution in [2.24, 2.45) is 5.41 Å². The minimum Gasteiger partial charge on any atom is -0.497 e. The number of fused-ring (bicyclic) bond motifs is 4. The summed E-state index contributed by atoms with van der Waals surface area (Å²) >= 11 is 0. The van der Waals surface area contributed by atoms with Crippen LogP contribution in [0.25, 0.3) is 5.57 Å². The minimum atomic E-state index is -0.217. The van der Waals surface area contributed by atoms with Crippen molar-refractivity contribution in [2.45, 2.75) is 32.6 Å². The molecule has 0 radical (unpaired) electrons. The molecule has 20 heavy (non-hydrogen) atoms. The molecule has 0 heterocycles. The van der Waals surface area contributed by atoms with Gasteiger partial charge in [0.1, 0.15) is 11.5 Å². The van der Waals surface area contributed by atoms with Gasteiger partial charge in [-0.3, -0.25) is 4.79 Å². The number of Topliss-reactive ketones (excluding diaryl/α,β-unsaturated/α-hetero) is 1. The highest BCUT2D eigenvalue weighted by atomic mass is 16.5. The third kappa shape index (κ3) is 1.37. The van der Waals surface area contributed by atoms with Gasteiger partial charge in [-0.15, -0.1) is 0 Å². The van der Waals surface area contributed by atoms with Crippen LogP contribution in [0.4, 0.5) is 0 Å². The van der Waals surface area contributed by atoms with Crippen molar-refractivity contribution < 1.29 is 9.53 Å². The molecule has 0 saturated carbocycles. The van der Waals surface area contributed by atoms with Crippen LogP contribution in [0.15, 0.2) is 35.4 Å². The summed E-state index contributed by atoms with van der Waals surface area (Å²) in [5.41, 5.74) is 6.67. The second-order valence-corrected chi connectivity index (χ2v) is 6.23. The van der Waals surface area contributed by atoms with E-state index < -0.39 is 0 Å². The van der Waals surface area contributed by atoms with E-state index in [2.05, 4.69) is 25.1 Å². The van der Waals surface area contributed by atoms with Gasteiger partial charge < -0.3 is 4.74 Å². The lowest BCUT2D eigenvalue weighted by molar-refractivity contribution is -0.124. The number of carbonyl (C=O) groups is 1. The molecule has 1 atom stereocenters. The molecule has 3 aliphatic carbocycles. The van der Waals surface area contributed by atoms with Crippen LogP contribution < -0.4 is 4.74 Å². The second-order valence-electron chi connectivity index (χ2n) is 6.23. The Kier molecular flexibility index (Phi) is 2.30. The fourth-order valence-corrected chi connectivity index (χ4v) is 4.04. The lowest BCUT2D eigenvalue weighted by atomic mass is 9.70. The first-order valence-electron chi connectivity index (χ1n) is 7.27. The zero-order valence-electron chi connectivity index (χ0n) is 12.0. The van der Waals surface area contributed by atoms with Crippen LogP contribution in [0.3, 0.4) is 0 Å². The van der Waals surface area contributed by atoms with Gasteiger partial charge >= 0.3 is 0 Å². The van der Waals surface area contributed by atoms with Gasteiger partial charge in [-0.1, -0.05) is 12.1 Å². The number of rotatable bonds is 1. The Morgan fingerprint density at radius 3 is 2.90 bits per heavy atom. The van der Waals surface area contributed by atoms with Crippen molar-refractivity contribution >= 4 is 11.4 Å². The van der Waals surface area contributed by atoms with Crippen molar-refractivity contribution in [3.05, 3.63) is 46.5 Å². The van der Waals surface area contributed by atoms with Gasteiger partial charge in [0.15, 0.2) is 0 Å². The van der Waals surface area contributed by atoms with E-state index in [1.165, 1.54) is 27.8 Å². The van der Waals surface area contributed by atoms with Crippen molar-refractivity contribution in [2.75, 3.05) is 7.11 Å². The Labute approximate surface area is 119 Å². The number of hydrogen-bond acceptors (Lipinski definition) is 2. The van der Waals surface area contributed by atoms with Gasteiger partial charge in [0, 0.05) is 6.42 Å². The first kappa shape index (κ1) is 12.0. The molecule has 0 spiro atoms. The summed E-state index contributed by atoms with van der Waals surface area (Å²) in [6, 6.07) is 6.36. The highest BCUT2D eigenvalue weighted by molar-refractivity contribution is 5.97. The molecular formula is C18H18O2. The van der Waals surface area contributed by atoms with E-state index in [9.17, 15) is 4.79 Å². The molecule has 2 heteroatoms. The maximum atomic E-state index is 12.2. The van der Waals surface area contributed by atoms with Crippen LogP contribution in [0, 0.1) is 5.41 Å². The number of hydrogen-bond donors (Lipinski definition) is 0. The summed E-state index contributed by atoms with van der Waals surface area (Å²) in [7, 11) is 1.71. The molecule has 0 bridgehead atoms. The highest BCUT2D eigenvalue weighted by Crippen LogP contribution is 2.54. The van der Waals surface area contributed by atoms with Gasteiger partial charge in [0.2, 0.25) is 0 Å². The molecule has 0 fully saturated rings. The molecule has 0 amide bonds. The number of benzene rings is 1. The second kappa shape index (κ2) is 3.85. The van der Waals surface area contributed by atoms with Crippen LogP contribution in [0.5, 0.6) is 5.75 Å². The lowest BCUT2D eigenvalue weighted by Crippen LogP contribution is -2.28. The van der Waals surface area contributed by atoms with Crippen molar-refractivity contribution in [1.82, 2.24) is 0 Å². The SMILES string of the molecule is COc1ccc2c(c1)CC1=C2CC[C@]2(C)C(=O)CC=C12. The van der Waals surface area contributed by atoms with Gasteiger partial charge in [-0.25, -0.2) is 0 Å². The molecule has 1 aromatic carbocycles. The monoisotopic (exact) mass is 266 g/mol. The highest BCUT2D eigenvalue weighted by Gasteiger charge is 2.46. The third-order valence-electron chi connectivity index (χ3n) is 5.27. The number of methoxy groups -OCH3 is 1. The van der Waals surface area contributed by atoms with E-state index in [1.807, 2.05) is 6.07 Å². The fraction of sp³-hybridized carbons (Fsp3) is 0.389. The number of carbonyl (C=O) groups excluding carboxylic acids is 1. The third-order valence-corrected chi connectivity index (χ3v) is 5.27. The largest absolute Gasteiger partial charge is 0.497 e. The van der Waals surface area contributed by atoms with Gasteiger partial charge in [0.25, 0.3) is 0 Å². The molecule has 0 unspecified atom stereocenters. The molecule has 0 N–H and O–H groups in total. The van der Waals surface area contributed by atoms with Crippen LogP contribution in [0.1, 0.15) is 37.3 Å². The Morgan fingerprint density at radius 1 is 1.25 bits per heavy atom. The van der Waals surface area contributed by atoms with Gasteiger partial charge in [0.05, 0.1) is 12.5 Å². The smallest absolute Gasteiger partial charge is 0.146 e. The summed E-state index contributed by atoms with van der Waals surface area (Å²) in [6.45, 7) is 2.13. The summed E-state index contributed by atoms with van der Waals surface area (Å²) in [5.74, 6) is 1.32. The van der Waals surface area contributed by atoms with E-state index in [-0.39, 0.29) is 5.41 Å². The average molecular weight is 266 g/mol.